The van der Waals surface area contributed by atoms with Gasteiger partial charge in [0.2, 0.25) is 0 Å². The minimum atomic E-state index is -8.69. The van der Waals surface area contributed by atoms with E-state index in [4.69, 9.17) is 10.2 Å². The molecule has 0 aliphatic rings. The first-order valence-electron chi connectivity index (χ1n) is 7.79. The molecule has 204 valence electrons. The predicted octanol–water partition coefficient (Wildman–Crippen LogP) is 5.91. The van der Waals surface area contributed by atoms with E-state index in [1.54, 1.807) is 0 Å². The van der Waals surface area contributed by atoms with E-state index in [9.17, 15) is 79.4 Å². The zero-order chi connectivity index (χ0) is 28.0. The smallest absolute Gasteiger partial charge is 0.460 e. The van der Waals surface area contributed by atoms with E-state index < -0.39 is 77.6 Å². The Morgan fingerprint density at radius 2 is 0.941 bits per heavy atom. The number of halogens is 17. The van der Waals surface area contributed by atoms with Crippen molar-refractivity contribution in [2.24, 2.45) is 0 Å². The van der Waals surface area contributed by atoms with E-state index in [1.165, 1.54) is 0 Å². The first-order chi connectivity index (χ1) is 14.6. The van der Waals surface area contributed by atoms with Crippen LogP contribution in [-0.2, 0) is 4.79 Å². The van der Waals surface area contributed by atoms with E-state index in [2.05, 4.69) is 0 Å². The van der Waals surface area contributed by atoms with Crippen molar-refractivity contribution in [3.63, 3.8) is 0 Å². The third kappa shape index (κ3) is 5.08. The molecule has 34 heavy (non-hydrogen) atoms. The third-order valence-electron chi connectivity index (χ3n) is 3.86. The molecule has 0 aromatic heterocycles. The summed E-state index contributed by atoms with van der Waals surface area (Å²) in [5.41, 5.74) is -2.17. The number of aliphatic hydroxyl groups excluding tert-OH is 1. The summed E-state index contributed by atoms with van der Waals surface area (Å²) in [6.07, 6.45) is -11.8. The lowest BCUT2D eigenvalue weighted by Gasteiger charge is -2.42. The van der Waals surface area contributed by atoms with Crippen molar-refractivity contribution >= 4 is 17.7 Å². The Morgan fingerprint density at radius 3 is 1.26 bits per heavy atom. The minimum absolute atomic E-state index is 0.382. The second-order valence-corrected chi connectivity index (χ2v) is 7.61. The van der Waals surface area contributed by atoms with Crippen LogP contribution >= 0.6 is 11.8 Å². The summed E-state index contributed by atoms with van der Waals surface area (Å²) in [6.45, 7) is 0. The van der Waals surface area contributed by atoms with Crippen molar-refractivity contribution in [2.75, 3.05) is 5.75 Å². The number of aliphatic hydroxyl groups is 1. The van der Waals surface area contributed by atoms with Crippen LogP contribution in [-0.4, -0.2) is 75.0 Å². The summed E-state index contributed by atoms with van der Waals surface area (Å²) in [7, 11) is 0. The molecule has 0 aliphatic heterocycles. The number of carboxylic acids is 1. The molecule has 1 unspecified atom stereocenters. The Kier molecular flexibility index (Phi) is 8.85. The lowest BCUT2D eigenvalue weighted by Crippen LogP contribution is -2.74. The van der Waals surface area contributed by atoms with Gasteiger partial charge >= 0.3 is 53.6 Å². The molecule has 0 heterocycles. The van der Waals surface area contributed by atoms with Crippen molar-refractivity contribution in [3.8, 4) is 0 Å². The molecule has 0 fully saturated rings. The van der Waals surface area contributed by atoms with Crippen molar-refractivity contribution in [1.82, 2.24) is 0 Å². The van der Waals surface area contributed by atoms with Crippen molar-refractivity contribution < 1.29 is 89.6 Å². The monoisotopic (exact) mass is 568 g/mol. The third-order valence-corrected chi connectivity index (χ3v) is 4.85. The van der Waals surface area contributed by atoms with Crippen LogP contribution in [0.25, 0.3) is 0 Å². The molecule has 0 saturated carbocycles. The zero-order valence-electron chi connectivity index (χ0n) is 15.3. The van der Waals surface area contributed by atoms with E-state index in [0.29, 0.717) is 0 Å². The number of carbonyl (C=O) groups is 1. The predicted molar refractivity (Wildman–Crippen MR) is 76.0 cm³/mol. The zero-order valence-corrected chi connectivity index (χ0v) is 16.2. The molecule has 0 spiro atoms. The maximum Gasteiger partial charge on any atom is 0.460 e. The van der Waals surface area contributed by atoms with Gasteiger partial charge in [0, 0.05) is 12.2 Å². The van der Waals surface area contributed by atoms with Gasteiger partial charge in [-0.2, -0.15) is 74.6 Å². The van der Waals surface area contributed by atoms with Gasteiger partial charge in [0.05, 0.1) is 6.42 Å². The molecule has 0 aliphatic carbocycles. The standard InChI is InChI=1S/C13H9F17O3S/c14-6(15,1-2-34-5(33)3-4(31)32)7(16,17)8(18,19)9(20,21)10(22,23)11(24,25)12(26,27)13(28,29)30/h5,33H,1-3H2,(H,31,32). The van der Waals surface area contributed by atoms with Gasteiger partial charge in [-0.05, 0) is 0 Å². The molecule has 1 atom stereocenters. The Hall–Kier alpha value is -1.41. The largest absolute Gasteiger partial charge is 0.481 e. The van der Waals surface area contributed by atoms with Gasteiger partial charge in [-0.25, -0.2) is 0 Å². The molecular formula is C13H9F17O3S. The lowest BCUT2D eigenvalue weighted by atomic mass is 9.88. The second kappa shape index (κ2) is 9.23. The number of carboxylic acid groups (broad SMARTS) is 1. The van der Waals surface area contributed by atoms with Crippen molar-refractivity contribution in [3.05, 3.63) is 0 Å². The van der Waals surface area contributed by atoms with E-state index in [0.717, 1.165) is 0 Å². The van der Waals surface area contributed by atoms with Gasteiger partial charge in [0.15, 0.2) is 0 Å². The van der Waals surface area contributed by atoms with E-state index in [-0.39, 0.29) is 11.8 Å². The average molecular weight is 568 g/mol. The van der Waals surface area contributed by atoms with Crippen LogP contribution < -0.4 is 0 Å². The second-order valence-electron chi connectivity index (χ2n) is 6.32. The molecule has 3 nitrogen and oxygen atoms in total. The Morgan fingerprint density at radius 1 is 0.618 bits per heavy atom. The normalized spacial score (nSPS) is 16.5. The molecule has 0 saturated heterocycles. The lowest BCUT2D eigenvalue weighted by molar-refractivity contribution is -0.461. The van der Waals surface area contributed by atoms with Crippen LogP contribution in [0.5, 0.6) is 0 Å². The van der Waals surface area contributed by atoms with Crippen molar-refractivity contribution in [1.29, 1.82) is 0 Å². The quantitative estimate of drug-likeness (QED) is 0.227. The molecule has 0 aromatic carbocycles. The molecule has 2 N–H and O–H groups in total. The summed E-state index contributed by atoms with van der Waals surface area (Å²) >= 11 is -0.382. The van der Waals surface area contributed by atoms with Gasteiger partial charge in [-0.1, -0.05) is 0 Å². The SMILES string of the molecule is O=C(O)CC(O)SCCC(F)(F)C(F)(F)C(F)(F)C(F)(F)C(F)(F)C(F)(F)C(F)(F)C(F)(F)F. The average Bonchev–Trinajstić information content (AvgIpc) is 2.58. The van der Waals surface area contributed by atoms with Gasteiger partial charge in [0.25, 0.3) is 0 Å². The molecule has 0 amide bonds. The van der Waals surface area contributed by atoms with E-state index in [1.807, 2.05) is 0 Å². The minimum Gasteiger partial charge on any atom is -0.481 e. The fourth-order valence-corrected chi connectivity index (χ4v) is 2.79. The Labute approximate surface area is 180 Å². The van der Waals surface area contributed by atoms with Crippen LogP contribution in [0.15, 0.2) is 0 Å². The maximum absolute atomic E-state index is 13.5. The number of alkyl halides is 17. The summed E-state index contributed by atoms with van der Waals surface area (Å²) in [4.78, 5) is 10.2. The summed E-state index contributed by atoms with van der Waals surface area (Å²) in [5.74, 6) is -60.3. The van der Waals surface area contributed by atoms with Gasteiger partial charge < -0.3 is 10.2 Å². The van der Waals surface area contributed by atoms with Gasteiger partial charge in [-0.15, -0.1) is 11.8 Å². The highest BCUT2D eigenvalue weighted by Crippen LogP contribution is 2.64. The fraction of sp³-hybridized carbons (Fsp3) is 0.923. The number of thioether (sulfide) groups is 1. The van der Waals surface area contributed by atoms with Gasteiger partial charge in [-0.3, -0.25) is 4.79 Å². The molecule has 0 radical (unpaired) electrons. The fourth-order valence-electron chi connectivity index (χ4n) is 1.88. The summed E-state index contributed by atoms with van der Waals surface area (Å²) in [5, 5.41) is 17.2. The van der Waals surface area contributed by atoms with Crippen LogP contribution in [0, 0.1) is 0 Å². The molecule has 0 aromatic rings. The molecular weight excluding hydrogens is 559 g/mol. The van der Waals surface area contributed by atoms with Crippen LogP contribution in [0.1, 0.15) is 12.8 Å². The Balaban J connectivity index is 6.22. The molecule has 0 bridgehead atoms. The highest BCUT2D eigenvalue weighted by molar-refractivity contribution is 7.99. The first-order valence-corrected chi connectivity index (χ1v) is 8.84. The number of hydrogen-bond acceptors (Lipinski definition) is 3. The molecule has 21 heteroatoms. The summed E-state index contributed by atoms with van der Waals surface area (Å²) in [6, 6.07) is 0. The van der Waals surface area contributed by atoms with Crippen molar-refractivity contribution in [2.45, 2.75) is 65.9 Å². The number of rotatable bonds is 12. The first kappa shape index (κ1) is 32.6. The summed E-state index contributed by atoms with van der Waals surface area (Å²) < 4.78 is 222. The Bertz CT molecular complexity index is 733. The highest BCUT2D eigenvalue weighted by atomic mass is 32.2. The topological polar surface area (TPSA) is 57.5 Å². The number of aliphatic carboxylic acids is 1. The molecule has 0 rings (SSSR count). The highest BCUT2D eigenvalue weighted by Gasteiger charge is 2.95. The van der Waals surface area contributed by atoms with Gasteiger partial charge in [0.1, 0.15) is 5.44 Å². The van der Waals surface area contributed by atoms with Crippen LogP contribution in [0.3, 0.4) is 0 Å². The number of hydrogen-bond donors (Lipinski definition) is 2. The van der Waals surface area contributed by atoms with Crippen LogP contribution in [0.4, 0.5) is 74.6 Å². The van der Waals surface area contributed by atoms with Crippen LogP contribution in [0.2, 0.25) is 0 Å². The van der Waals surface area contributed by atoms with E-state index >= 15 is 0 Å². The maximum atomic E-state index is 13.5.